The first-order valence-corrected chi connectivity index (χ1v) is 7.41. The molecule has 2 rings (SSSR count). The van der Waals surface area contributed by atoms with Crippen molar-refractivity contribution in [2.75, 3.05) is 12.3 Å². The van der Waals surface area contributed by atoms with E-state index in [0.29, 0.717) is 16.7 Å². The van der Waals surface area contributed by atoms with E-state index in [1.165, 1.54) is 12.1 Å². The third kappa shape index (κ3) is 2.67. The van der Waals surface area contributed by atoms with E-state index in [0.717, 1.165) is 5.75 Å². The van der Waals surface area contributed by atoms with Gasteiger partial charge in [0.1, 0.15) is 5.82 Å². The van der Waals surface area contributed by atoms with Gasteiger partial charge >= 0.3 is 0 Å². The Labute approximate surface area is 116 Å². The third-order valence-electron chi connectivity index (χ3n) is 3.33. The summed E-state index contributed by atoms with van der Waals surface area (Å²) < 4.78 is 13.7. The molecular formula is C13H16FNOS2. The number of thioether (sulfide) groups is 1. The van der Waals surface area contributed by atoms with Crippen LogP contribution in [-0.2, 0) is 0 Å². The van der Waals surface area contributed by atoms with Crippen molar-refractivity contribution in [2.24, 2.45) is 0 Å². The number of benzene rings is 1. The van der Waals surface area contributed by atoms with Gasteiger partial charge in [0.25, 0.3) is 5.91 Å². The molecule has 0 N–H and O–H groups in total. The molecule has 1 aliphatic rings. The number of hydrogen-bond donors (Lipinski definition) is 1. The van der Waals surface area contributed by atoms with Gasteiger partial charge in [-0.2, -0.15) is 11.8 Å². The lowest BCUT2D eigenvalue weighted by atomic mass is 10.1. The van der Waals surface area contributed by atoms with Gasteiger partial charge in [-0.05, 0) is 25.1 Å². The standard InChI is InChI=1S/C13H16FNOS2/c1-8-9(2)18-6-5-15(8)13(16)11-7-10(17)3-4-12(11)14/h3-4,7-9,17H,5-6H2,1-2H3. The van der Waals surface area contributed by atoms with Gasteiger partial charge in [-0.15, -0.1) is 12.6 Å². The van der Waals surface area contributed by atoms with Crippen LogP contribution in [0.3, 0.4) is 0 Å². The smallest absolute Gasteiger partial charge is 0.257 e. The molecule has 0 aliphatic carbocycles. The van der Waals surface area contributed by atoms with Gasteiger partial charge in [0.2, 0.25) is 0 Å². The van der Waals surface area contributed by atoms with Crippen molar-refractivity contribution in [2.45, 2.75) is 30.0 Å². The highest BCUT2D eigenvalue weighted by Crippen LogP contribution is 2.26. The molecular weight excluding hydrogens is 269 g/mol. The molecule has 0 aromatic heterocycles. The molecule has 0 bridgehead atoms. The van der Waals surface area contributed by atoms with E-state index in [4.69, 9.17) is 0 Å². The highest BCUT2D eigenvalue weighted by atomic mass is 32.2. The SMILES string of the molecule is CC1SCCN(C(=O)c2cc(S)ccc2F)C1C. The van der Waals surface area contributed by atoms with Crippen molar-refractivity contribution >= 4 is 30.3 Å². The number of carbonyl (C=O) groups excluding carboxylic acids is 1. The average Bonchev–Trinajstić information content (AvgIpc) is 2.35. The molecule has 2 nitrogen and oxygen atoms in total. The largest absolute Gasteiger partial charge is 0.334 e. The van der Waals surface area contributed by atoms with Crippen LogP contribution in [0.4, 0.5) is 4.39 Å². The number of halogens is 1. The monoisotopic (exact) mass is 285 g/mol. The Balaban J connectivity index is 2.27. The first-order valence-electron chi connectivity index (χ1n) is 5.92. The van der Waals surface area contributed by atoms with Crippen molar-refractivity contribution in [3.05, 3.63) is 29.6 Å². The lowest BCUT2D eigenvalue weighted by Gasteiger charge is -2.37. The number of rotatable bonds is 1. The zero-order valence-electron chi connectivity index (χ0n) is 10.4. The van der Waals surface area contributed by atoms with E-state index in [-0.39, 0.29) is 17.5 Å². The van der Waals surface area contributed by atoms with Crippen LogP contribution in [0.5, 0.6) is 0 Å². The van der Waals surface area contributed by atoms with Gasteiger partial charge in [-0.25, -0.2) is 4.39 Å². The van der Waals surface area contributed by atoms with Gasteiger partial charge in [0.05, 0.1) is 5.56 Å². The van der Waals surface area contributed by atoms with Gasteiger partial charge in [-0.1, -0.05) is 6.92 Å². The number of hydrogen-bond acceptors (Lipinski definition) is 3. The number of amides is 1. The van der Waals surface area contributed by atoms with Gasteiger partial charge in [-0.3, -0.25) is 4.79 Å². The molecule has 1 aromatic rings. The second-order valence-corrected chi connectivity index (χ2v) is 6.48. The van der Waals surface area contributed by atoms with Crippen LogP contribution in [0.1, 0.15) is 24.2 Å². The van der Waals surface area contributed by atoms with E-state index < -0.39 is 5.82 Å². The molecule has 1 fully saturated rings. The molecule has 2 atom stereocenters. The number of carbonyl (C=O) groups is 1. The second-order valence-electron chi connectivity index (χ2n) is 4.48. The van der Waals surface area contributed by atoms with Crippen LogP contribution >= 0.6 is 24.4 Å². The molecule has 5 heteroatoms. The topological polar surface area (TPSA) is 20.3 Å². The Bertz CT molecular complexity index is 466. The number of thiol groups is 1. The van der Waals surface area contributed by atoms with E-state index in [1.54, 1.807) is 11.0 Å². The Morgan fingerprint density at radius 1 is 1.50 bits per heavy atom. The highest BCUT2D eigenvalue weighted by Gasteiger charge is 2.30. The van der Waals surface area contributed by atoms with E-state index in [2.05, 4.69) is 19.6 Å². The Hall–Kier alpha value is -0.680. The Kier molecular flexibility index (Phi) is 4.22. The predicted octanol–water partition coefficient (Wildman–Crippen LogP) is 3.08. The van der Waals surface area contributed by atoms with Crippen molar-refractivity contribution in [3.63, 3.8) is 0 Å². The van der Waals surface area contributed by atoms with Gasteiger partial charge in [0.15, 0.2) is 0 Å². The molecule has 0 spiro atoms. The molecule has 0 radical (unpaired) electrons. The number of nitrogens with zero attached hydrogens (tertiary/aromatic N) is 1. The van der Waals surface area contributed by atoms with Crippen LogP contribution in [0, 0.1) is 5.82 Å². The summed E-state index contributed by atoms with van der Waals surface area (Å²) in [6.07, 6.45) is 0. The first-order chi connectivity index (χ1) is 8.50. The molecule has 1 saturated heterocycles. The zero-order chi connectivity index (χ0) is 13.3. The highest BCUT2D eigenvalue weighted by molar-refractivity contribution is 8.00. The van der Waals surface area contributed by atoms with Crippen LogP contribution in [0.2, 0.25) is 0 Å². The maximum absolute atomic E-state index is 13.7. The van der Waals surface area contributed by atoms with Gasteiger partial charge < -0.3 is 4.90 Å². The fraction of sp³-hybridized carbons (Fsp3) is 0.462. The average molecular weight is 285 g/mol. The summed E-state index contributed by atoms with van der Waals surface area (Å²) in [6.45, 7) is 4.78. The maximum atomic E-state index is 13.7. The van der Waals surface area contributed by atoms with Crippen LogP contribution < -0.4 is 0 Å². The van der Waals surface area contributed by atoms with E-state index in [9.17, 15) is 9.18 Å². The maximum Gasteiger partial charge on any atom is 0.257 e. The summed E-state index contributed by atoms with van der Waals surface area (Å²) in [4.78, 5) is 14.7. The van der Waals surface area contributed by atoms with Crippen molar-refractivity contribution in [3.8, 4) is 0 Å². The second kappa shape index (κ2) is 5.53. The minimum Gasteiger partial charge on any atom is -0.334 e. The fourth-order valence-corrected chi connectivity index (χ4v) is 3.35. The molecule has 1 aromatic carbocycles. The predicted molar refractivity (Wildman–Crippen MR) is 76.1 cm³/mol. The lowest BCUT2D eigenvalue weighted by molar-refractivity contribution is 0.0693. The summed E-state index contributed by atoms with van der Waals surface area (Å²) in [5.41, 5.74) is 0.119. The van der Waals surface area contributed by atoms with Crippen molar-refractivity contribution < 1.29 is 9.18 Å². The molecule has 2 unspecified atom stereocenters. The lowest BCUT2D eigenvalue weighted by Crippen LogP contribution is -2.48. The minimum absolute atomic E-state index is 0.119. The summed E-state index contributed by atoms with van der Waals surface area (Å²) in [5, 5.41) is 0.380. The summed E-state index contributed by atoms with van der Waals surface area (Å²) in [6, 6.07) is 4.47. The Morgan fingerprint density at radius 2 is 2.22 bits per heavy atom. The van der Waals surface area contributed by atoms with Crippen molar-refractivity contribution in [1.82, 2.24) is 4.90 Å². The fourth-order valence-electron chi connectivity index (χ4n) is 2.05. The summed E-state index contributed by atoms with van der Waals surface area (Å²) in [5.74, 6) is 0.193. The molecule has 1 amide bonds. The molecule has 1 heterocycles. The molecule has 0 saturated carbocycles. The van der Waals surface area contributed by atoms with Gasteiger partial charge in [0, 0.05) is 28.5 Å². The molecule has 18 heavy (non-hydrogen) atoms. The van der Waals surface area contributed by atoms with Crippen LogP contribution in [0.25, 0.3) is 0 Å². The summed E-state index contributed by atoms with van der Waals surface area (Å²) in [7, 11) is 0. The van der Waals surface area contributed by atoms with E-state index in [1.807, 2.05) is 18.7 Å². The normalized spacial score (nSPS) is 24.1. The quantitative estimate of drug-likeness (QED) is 0.800. The first kappa shape index (κ1) is 13.7. The Morgan fingerprint density at radius 3 is 2.94 bits per heavy atom. The zero-order valence-corrected chi connectivity index (χ0v) is 12.1. The minimum atomic E-state index is -0.476. The van der Waals surface area contributed by atoms with Crippen LogP contribution in [-0.4, -0.2) is 34.4 Å². The molecule has 98 valence electrons. The third-order valence-corrected chi connectivity index (χ3v) is 4.94. The van der Waals surface area contributed by atoms with E-state index >= 15 is 0 Å². The summed E-state index contributed by atoms with van der Waals surface area (Å²) >= 11 is 6.01. The van der Waals surface area contributed by atoms with Crippen LogP contribution in [0.15, 0.2) is 23.1 Å². The molecule has 1 aliphatic heterocycles. The van der Waals surface area contributed by atoms with Crippen molar-refractivity contribution in [1.29, 1.82) is 0 Å².